The SMILES string of the molecule is Br.CCCCCCCCCCCCCCCCCCOC(=O)C(CCC)C(P)(CCC)CCC. The van der Waals surface area contributed by atoms with Crippen LogP contribution in [0.3, 0.4) is 0 Å². The second-order valence-corrected chi connectivity index (χ2v) is 11.7. The molecule has 206 valence electrons. The van der Waals surface area contributed by atoms with Crippen molar-refractivity contribution in [1.82, 2.24) is 0 Å². The fourth-order valence-corrected chi connectivity index (χ4v) is 6.14. The molecule has 0 aliphatic rings. The molecule has 0 heterocycles. The highest BCUT2D eigenvalue weighted by Gasteiger charge is 2.38. The first kappa shape index (κ1) is 36.5. The van der Waals surface area contributed by atoms with Crippen molar-refractivity contribution in [2.45, 2.75) is 174 Å². The van der Waals surface area contributed by atoms with Gasteiger partial charge in [-0.05, 0) is 30.8 Å². The van der Waals surface area contributed by atoms with Crippen molar-refractivity contribution in [2.24, 2.45) is 5.92 Å². The van der Waals surface area contributed by atoms with Gasteiger partial charge in [-0.15, -0.1) is 26.2 Å². The van der Waals surface area contributed by atoms with Gasteiger partial charge in [-0.3, -0.25) is 4.79 Å². The number of unbranched alkanes of at least 4 members (excludes halogenated alkanes) is 15. The van der Waals surface area contributed by atoms with Crippen molar-refractivity contribution in [3.63, 3.8) is 0 Å². The predicted octanol–water partition coefficient (Wildman–Crippen LogP) is 11.0. The molecule has 2 atom stereocenters. The van der Waals surface area contributed by atoms with Crippen molar-refractivity contribution in [1.29, 1.82) is 0 Å². The number of carbonyl (C=O) groups excluding carboxylic acids is 1. The lowest BCUT2D eigenvalue weighted by atomic mass is 9.81. The van der Waals surface area contributed by atoms with Gasteiger partial charge in [0.25, 0.3) is 0 Å². The van der Waals surface area contributed by atoms with E-state index in [1.54, 1.807) is 0 Å². The highest BCUT2D eigenvalue weighted by atomic mass is 79.9. The molecule has 0 amide bonds. The maximum atomic E-state index is 12.9. The van der Waals surface area contributed by atoms with Crippen LogP contribution in [0.2, 0.25) is 0 Å². The Kier molecular flexibility index (Phi) is 28.4. The normalized spacial score (nSPS) is 12.4. The van der Waals surface area contributed by atoms with Crippen LogP contribution in [0.15, 0.2) is 0 Å². The molecule has 0 rings (SSSR count). The summed E-state index contributed by atoms with van der Waals surface area (Å²) in [6, 6.07) is 0. The molecule has 0 radical (unpaired) electrons. The van der Waals surface area contributed by atoms with Crippen LogP contribution in [0.25, 0.3) is 0 Å². The molecule has 0 aliphatic heterocycles. The van der Waals surface area contributed by atoms with E-state index in [2.05, 4.69) is 36.9 Å². The van der Waals surface area contributed by atoms with Gasteiger partial charge < -0.3 is 4.74 Å². The lowest BCUT2D eigenvalue weighted by Gasteiger charge is -2.36. The Morgan fingerprint density at radius 2 is 1.00 bits per heavy atom. The Labute approximate surface area is 227 Å². The van der Waals surface area contributed by atoms with Crippen LogP contribution >= 0.6 is 26.2 Å². The van der Waals surface area contributed by atoms with Gasteiger partial charge in [0.2, 0.25) is 0 Å². The minimum absolute atomic E-state index is 0. The van der Waals surface area contributed by atoms with E-state index in [1.165, 1.54) is 96.3 Å². The lowest BCUT2D eigenvalue weighted by molar-refractivity contribution is -0.150. The number of hydrogen-bond donors (Lipinski definition) is 0. The van der Waals surface area contributed by atoms with Crippen molar-refractivity contribution < 1.29 is 9.53 Å². The molecule has 0 saturated heterocycles. The fraction of sp³-hybridized carbons (Fsp3) is 0.967. The molecule has 2 unspecified atom stereocenters. The molecule has 4 heteroatoms. The first-order valence-corrected chi connectivity index (χ1v) is 15.6. The van der Waals surface area contributed by atoms with Crippen LogP contribution < -0.4 is 0 Å². The highest BCUT2D eigenvalue weighted by Crippen LogP contribution is 2.40. The third-order valence-electron chi connectivity index (χ3n) is 7.23. The smallest absolute Gasteiger partial charge is 0.309 e. The van der Waals surface area contributed by atoms with Gasteiger partial charge in [0.05, 0.1) is 12.5 Å². The number of hydrogen-bond acceptors (Lipinski definition) is 2. The summed E-state index contributed by atoms with van der Waals surface area (Å²) in [4.78, 5) is 12.9. The maximum absolute atomic E-state index is 12.9. The molecule has 0 saturated carbocycles. The van der Waals surface area contributed by atoms with Crippen molar-refractivity contribution >= 4 is 32.2 Å². The number of carbonyl (C=O) groups is 1. The van der Waals surface area contributed by atoms with Gasteiger partial charge in [-0.25, -0.2) is 0 Å². The topological polar surface area (TPSA) is 26.3 Å². The van der Waals surface area contributed by atoms with Crippen molar-refractivity contribution in [2.75, 3.05) is 6.61 Å². The summed E-state index contributed by atoms with van der Waals surface area (Å²) in [6.07, 6.45) is 28.3. The van der Waals surface area contributed by atoms with Crippen molar-refractivity contribution in [3.8, 4) is 0 Å². The molecule has 0 aromatic heterocycles. The molecule has 0 fully saturated rings. The quantitative estimate of drug-likeness (QED) is 0.0625. The van der Waals surface area contributed by atoms with Crippen LogP contribution in [-0.2, 0) is 9.53 Å². The molecule has 0 spiro atoms. The van der Waals surface area contributed by atoms with Gasteiger partial charge in [0.1, 0.15) is 0 Å². The summed E-state index contributed by atoms with van der Waals surface area (Å²) in [6.45, 7) is 9.52. The third-order valence-corrected chi connectivity index (χ3v) is 8.21. The maximum Gasteiger partial charge on any atom is 0.309 e. The number of rotatable bonds is 25. The Morgan fingerprint density at radius 3 is 1.35 bits per heavy atom. The van der Waals surface area contributed by atoms with E-state index >= 15 is 0 Å². The van der Waals surface area contributed by atoms with E-state index in [1.807, 2.05) is 0 Å². The molecule has 0 aromatic rings. The average molecular weight is 566 g/mol. The molecular weight excluding hydrogens is 503 g/mol. The minimum Gasteiger partial charge on any atom is -0.465 e. The monoisotopic (exact) mass is 564 g/mol. The summed E-state index contributed by atoms with van der Waals surface area (Å²) in [5, 5.41) is 0.0191. The van der Waals surface area contributed by atoms with Gasteiger partial charge in [0, 0.05) is 0 Å². The minimum atomic E-state index is 0. The van der Waals surface area contributed by atoms with Crippen LogP contribution in [0.5, 0.6) is 0 Å². The fourth-order valence-electron chi connectivity index (χ4n) is 5.26. The Bertz CT molecular complexity index is 424. The summed E-state index contributed by atoms with van der Waals surface area (Å²) in [7, 11) is 3.05. The second-order valence-electron chi connectivity index (χ2n) is 10.5. The van der Waals surface area contributed by atoms with Gasteiger partial charge >= 0.3 is 5.97 Å². The zero-order valence-corrected chi connectivity index (χ0v) is 26.5. The Hall–Kier alpha value is 0.380. The molecule has 0 aliphatic carbocycles. The third kappa shape index (κ3) is 19.6. The molecule has 0 bridgehead atoms. The number of esters is 1. The highest BCUT2D eigenvalue weighted by molar-refractivity contribution is 8.93. The first-order valence-electron chi connectivity index (χ1n) is 15.0. The van der Waals surface area contributed by atoms with E-state index in [0.29, 0.717) is 6.61 Å². The Balaban J connectivity index is 0. The van der Waals surface area contributed by atoms with Gasteiger partial charge in [0.15, 0.2) is 0 Å². The van der Waals surface area contributed by atoms with E-state index in [0.717, 1.165) is 44.9 Å². The van der Waals surface area contributed by atoms with Gasteiger partial charge in [-0.2, -0.15) is 0 Å². The van der Waals surface area contributed by atoms with Crippen LogP contribution in [0, 0.1) is 5.92 Å². The molecular formula is C30H62BrO2P. The van der Waals surface area contributed by atoms with Crippen molar-refractivity contribution in [3.05, 3.63) is 0 Å². The summed E-state index contributed by atoms with van der Waals surface area (Å²) < 4.78 is 5.76. The zero-order valence-electron chi connectivity index (χ0n) is 23.6. The van der Waals surface area contributed by atoms with Gasteiger partial charge in [-0.1, -0.05) is 143 Å². The van der Waals surface area contributed by atoms with E-state index in [-0.39, 0.29) is 34.0 Å². The summed E-state index contributed by atoms with van der Waals surface area (Å²) >= 11 is 0. The van der Waals surface area contributed by atoms with Crippen LogP contribution in [0.4, 0.5) is 0 Å². The number of ether oxygens (including phenoxy) is 1. The summed E-state index contributed by atoms with van der Waals surface area (Å²) in [5.74, 6) is 0.0863. The van der Waals surface area contributed by atoms with E-state index in [9.17, 15) is 4.79 Å². The average Bonchev–Trinajstić information content (AvgIpc) is 2.79. The van der Waals surface area contributed by atoms with Crippen LogP contribution in [0.1, 0.15) is 169 Å². The standard InChI is InChI=1S/C30H61O2P.BrH/c1-5-9-10-11-12-13-14-15-16-17-18-19-20-21-22-23-27-32-29(31)28(24-6-2)30(33,25-7-3)26-8-4;/h28H,5-27,33H2,1-4H3;1H. The van der Waals surface area contributed by atoms with Crippen LogP contribution in [-0.4, -0.2) is 17.7 Å². The second kappa shape index (κ2) is 26.4. The molecule has 0 aromatic carbocycles. The predicted molar refractivity (Wildman–Crippen MR) is 161 cm³/mol. The molecule has 2 nitrogen and oxygen atoms in total. The molecule has 34 heavy (non-hydrogen) atoms. The van der Waals surface area contributed by atoms with E-state index < -0.39 is 0 Å². The first-order chi connectivity index (χ1) is 16.1. The van der Waals surface area contributed by atoms with E-state index in [4.69, 9.17) is 4.74 Å². The Morgan fingerprint density at radius 1 is 0.618 bits per heavy atom. The number of halogens is 1. The summed E-state index contributed by atoms with van der Waals surface area (Å²) in [5.41, 5.74) is 0. The zero-order chi connectivity index (χ0) is 24.6. The lowest BCUT2D eigenvalue weighted by Crippen LogP contribution is -2.38. The molecule has 0 N–H and O–H groups in total. The largest absolute Gasteiger partial charge is 0.465 e.